The third kappa shape index (κ3) is 2.97. The van der Waals surface area contributed by atoms with Crippen LogP contribution in [0.5, 0.6) is 0 Å². The van der Waals surface area contributed by atoms with Gasteiger partial charge < -0.3 is 11.1 Å². The number of hydrogen-bond donors (Lipinski definition) is 2. The molecule has 0 fully saturated rings. The molecule has 0 aliphatic heterocycles. The Morgan fingerprint density at radius 1 is 1.24 bits per heavy atom. The molecular weight excluding hydrogens is 289 g/mol. The number of nitrogens with two attached hydrogens (primary N) is 1. The van der Waals surface area contributed by atoms with Crippen molar-refractivity contribution >= 4 is 28.1 Å². The van der Waals surface area contributed by atoms with E-state index in [2.05, 4.69) is 20.3 Å². The van der Waals surface area contributed by atoms with Crippen LogP contribution in [0.4, 0.5) is 21.2 Å². The molecule has 21 heavy (non-hydrogen) atoms. The first-order chi connectivity index (χ1) is 10.1. The standard InChI is InChI=1S/C14H12FN5S/c1-8-12(21-13(16)18-8)11-5-6-17-14(20-11)19-10-4-2-3-9(15)7-10/h2-7H,1H3,(H2,16,18)(H,17,19,20). The van der Waals surface area contributed by atoms with E-state index in [0.29, 0.717) is 16.8 Å². The molecule has 0 aliphatic rings. The highest BCUT2D eigenvalue weighted by Crippen LogP contribution is 2.30. The second-order valence-electron chi connectivity index (χ2n) is 4.37. The van der Waals surface area contributed by atoms with Crippen molar-refractivity contribution < 1.29 is 4.39 Å². The van der Waals surface area contributed by atoms with E-state index >= 15 is 0 Å². The first-order valence-electron chi connectivity index (χ1n) is 6.21. The molecule has 3 rings (SSSR count). The van der Waals surface area contributed by atoms with E-state index in [4.69, 9.17) is 5.73 Å². The van der Waals surface area contributed by atoms with Gasteiger partial charge in [-0.2, -0.15) is 0 Å². The maximum Gasteiger partial charge on any atom is 0.227 e. The molecule has 3 aromatic rings. The van der Waals surface area contributed by atoms with Gasteiger partial charge in [0.1, 0.15) is 5.82 Å². The molecule has 0 atom stereocenters. The van der Waals surface area contributed by atoms with E-state index in [1.807, 2.05) is 6.92 Å². The van der Waals surface area contributed by atoms with Crippen molar-refractivity contribution in [3.63, 3.8) is 0 Å². The average Bonchev–Trinajstić information content (AvgIpc) is 2.78. The van der Waals surface area contributed by atoms with E-state index in [1.54, 1.807) is 24.4 Å². The molecule has 0 aliphatic carbocycles. The molecule has 7 heteroatoms. The number of benzene rings is 1. The Bertz CT molecular complexity index is 787. The Labute approximate surface area is 124 Å². The second kappa shape index (κ2) is 5.45. The minimum Gasteiger partial charge on any atom is -0.375 e. The predicted molar refractivity (Wildman–Crippen MR) is 82.0 cm³/mol. The van der Waals surface area contributed by atoms with Gasteiger partial charge in [0.15, 0.2) is 5.13 Å². The molecule has 0 saturated carbocycles. The second-order valence-corrected chi connectivity index (χ2v) is 5.40. The Morgan fingerprint density at radius 3 is 2.81 bits per heavy atom. The Morgan fingerprint density at radius 2 is 2.10 bits per heavy atom. The summed E-state index contributed by atoms with van der Waals surface area (Å²) in [6, 6.07) is 7.92. The number of thiazole rings is 1. The summed E-state index contributed by atoms with van der Waals surface area (Å²) in [6.45, 7) is 1.88. The molecule has 0 unspecified atom stereocenters. The van der Waals surface area contributed by atoms with Crippen molar-refractivity contribution in [2.45, 2.75) is 6.92 Å². The number of aromatic nitrogens is 3. The monoisotopic (exact) mass is 301 g/mol. The summed E-state index contributed by atoms with van der Waals surface area (Å²) in [6.07, 6.45) is 1.64. The van der Waals surface area contributed by atoms with E-state index < -0.39 is 0 Å². The number of hydrogen-bond acceptors (Lipinski definition) is 6. The number of nitrogen functional groups attached to an aromatic ring is 1. The van der Waals surface area contributed by atoms with Gasteiger partial charge in [-0.15, -0.1) is 0 Å². The topological polar surface area (TPSA) is 76.7 Å². The smallest absolute Gasteiger partial charge is 0.227 e. The zero-order valence-corrected chi connectivity index (χ0v) is 12.0. The summed E-state index contributed by atoms with van der Waals surface area (Å²) < 4.78 is 13.2. The largest absolute Gasteiger partial charge is 0.375 e. The van der Waals surface area contributed by atoms with Crippen LogP contribution in [0.3, 0.4) is 0 Å². The van der Waals surface area contributed by atoms with Gasteiger partial charge in [-0.3, -0.25) is 0 Å². The van der Waals surface area contributed by atoms with Crippen LogP contribution < -0.4 is 11.1 Å². The minimum absolute atomic E-state index is 0.317. The van der Waals surface area contributed by atoms with Gasteiger partial charge in [0.2, 0.25) is 5.95 Å². The number of nitrogens with one attached hydrogen (secondary N) is 1. The average molecular weight is 301 g/mol. The Balaban J connectivity index is 1.92. The molecular formula is C14H12FN5S. The summed E-state index contributed by atoms with van der Waals surface area (Å²) >= 11 is 1.37. The van der Waals surface area contributed by atoms with Crippen LogP contribution in [0, 0.1) is 12.7 Å². The highest BCUT2D eigenvalue weighted by molar-refractivity contribution is 7.18. The van der Waals surface area contributed by atoms with Crippen molar-refractivity contribution in [1.82, 2.24) is 15.0 Å². The molecule has 0 spiro atoms. The molecule has 106 valence electrons. The van der Waals surface area contributed by atoms with Gasteiger partial charge in [0.05, 0.1) is 16.3 Å². The van der Waals surface area contributed by atoms with Crippen molar-refractivity contribution in [2.75, 3.05) is 11.1 Å². The van der Waals surface area contributed by atoms with Crippen molar-refractivity contribution in [3.8, 4) is 10.6 Å². The SMILES string of the molecule is Cc1nc(N)sc1-c1ccnc(Nc2cccc(F)c2)n1. The highest BCUT2D eigenvalue weighted by Gasteiger charge is 2.10. The maximum absolute atomic E-state index is 13.2. The lowest BCUT2D eigenvalue weighted by Crippen LogP contribution is -1.98. The van der Waals surface area contributed by atoms with Crippen LogP contribution in [0.25, 0.3) is 10.6 Å². The molecule has 0 radical (unpaired) electrons. The molecule has 5 nitrogen and oxygen atoms in total. The van der Waals surface area contributed by atoms with Crippen LogP contribution in [0.2, 0.25) is 0 Å². The number of halogens is 1. The molecule has 2 heterocycles. The fourth-order valence-corrected chi connectivity index (χ4v) is 2.70. The molecule has 0 bridgehead atoms. The first-order valence-corrected chi connectivity index (χ1v) is 7.02. The molecule has 2 aromatic heterocycles. The van der Waals surface area contributed by atoms with Gasteiger partial charge in [0.25, 0.3) is 0 Å². The summed E-state index contributed by atoms with van der Waals surface area (Å²) in [5.41, 5.74) is 7.85. The molecule has 0 saturated heterocycles. The highest BCUT2D eigenvalue weighted by atomic mass is 32.1. The Hall–Kier alpha value is -2.54. The van der Waals surface area contributed by atoms with Gasteiger partial charge in [-0.25, -0.2) is 19.3 Å². The zero-order valence-electron chi connectivity index (χ0n) is 11.2. The van der Waals surface area contributed by atoms with Crippen LogP contribution in [-0.4, -0.2) is 15.0 Å². The summed E-state index contributed by atoms with van der Waals surface area (Å²) in [5, 5.41) is 3.47. The zero-order chi connectivity index (χ0) is 14.8. The minimum atomic E-state index is -0.317. The lowest BCUT2D eigenvalue weighted by atomic mass is 10.3. The lowest BCUT2D eigenvalue weighted by molar-refractivity contribution is 0.628. The van der Waals surface area contributed by atoms with E-state index in [9.17, 15) is 4.39 Å². The quantitative estimate of drug-likeness (QED) is 0.775. The number of anilines is 3. The fraction of sp³-hybridized carbons (Fsp3) is 0.0714. The van der Waals surface area contributed by atoms with Crippen LogP contribution >= 0.6 is 11.3 Å². The van der Waals surface area contributed by atoms with E-state index in [-0.39, 0.29) is 5.82 Å². The summed E-state index contributed by atoms with van der Waals surface area (Å²) in [5.74, 6) is 0.0756. The third-order valence-electron chi connectivity index (χ3n) is 2.78. The van der Waals surface area contributed by atoms with E-state index in [0.717, 1.165) is 16.3 Å². The van der Waals surface area contributed by atoms with Gasteiger partial charge in [0, 0.05) is 11.9 Å². The van der Waals surface area contributed by atoms with Crippen LogP contribution in [0.15, 0.2) is 36.5 Å². The molecule has 3 N–H and O–H groups in total. The molecule has 0 amide bonds. The van der Waals surface area contributed by atoms with Crippen molar-refractivity contribution in [1.29, 1.82) is 0 Å². The van der Waals surface area contributed by atoms with Gasteiger partial charge in [-0.05, 0) is 31.2 Å². The first kappa shape index (κ1) is 13.4. The van der Waals surface area contributed by atoms with Crippen molar-refractivity contribution in [3.05, 3.63) is 48.0 Å². The number of rotatable bonds is 3. The van der Waals surface area contributed by atoms with Gasteiger partial charge in [-0.1, -0.05) is 17.4 Å². The number of nitrogens with zero attached hydrogens (tertiary/aromatic N) is 3. The summed E-state index contributed by atoms with van der Waals surface area (Å²) in [7, 11) is 0. The fourth-order valence-electron chi connectivity index (χ4n) is 1.90. The van der Waals surface area contributed by atoms with Crippen LogP contribution in [-0.2, 0) is 0 Å². The normalized spacial score (nSPS) is 10.6. The maximum atomic E-state index is 13.2. The summed E-state index contributed by atoms with van der Waals surface area (Å²) in [4.78, 5) is 13.6. The Kier molecular flexibility index (Phi) is 3.49. The predicted octanol–water partition coefficient (Wildman–Crippen LogP) is 3.37. The van der Waals surface area contributed by atoms with Gasteiger partial charge >= 0.3 is 0 Å². The van der Waals surface area contributed by atoms with Crippen molar-refractivity contribution in [2.24, 2.45) is 0 Å². The van der Waals surface area contributed by atoms with E-state index in [1.165, 1.54) is 23.5 Å². The van der Waals surface area contributed by atoms with Crippen LogP contribution in [0.1, 0.15) is 5.69 Å². The third-order valence-corrected chi connectivity index (χ3v) is 3.79. The lowest BCUT2D eigenvalue weighted by Gasteiger charge is -2.06. The molecule has 1 aromatic carbocycles. The number of aryl methyl sites for hydroxylation is 1.